The molecule has 70 valence electrons. The number of ether oxygens (including phenoxy) is 1. The Balaban J connectivity index is 2.26. The van der Waals surface area contributed by atoms with E-state index in [1.165, 1.54) is 0 Å². The largest absolute Gasteiger partial charge is 0.361 e. The van der Waals surface area contributed by atoms with Gasteiger partial charge in [0.1, 0.15) is 0 Å². The smallest absolute Gasteiger partial charge is 0.156 e. The third-order valence-electron chi connectivity index (χ3n) is 1.87. The van der Waals surface area contributed by atoms with Crippen molar-refractivity contribution in [2.24, 2.45) is 5.11 Å². The summed E-state index contributed by atoms with van der Waals surface area (Å²) < 4.78 is 5.16. The highest BCUT2D eigenvalue weighted by molar-refractivity contribution is 4.89. The van der Waals surface area contributed by atoms with Crippen LogP contribution < -0.4 is 0 Å². The summed E-state index contributed by atoms with van der Waals surface area (Å²) in [4.78, 5) is 4.72. The van der Waals surface area contributed by atoms with Gasteiger partial charge in [-0.3, -0.25) is 4.90 Å². The lowest BCUT2D eigenvalue weighted by atomic mass is 10.3. The van der Waals surface area contributed by atoms with Crippen LogP contribution in [-0.2, 0) is 4.74 Å². The number of rotatable bonds is 3. The first kappa shape index (κ1) is 9.81. The summed E-state index contributed by atoms with van der Waals surface area (Å²) in [7, 11) is 0. The Morgan fingerprint density at radius 3 is 3.31 bits per heavy atom. The molecule has 0 bridgehead atoms. The first-order valence-corrected chi connectivity index (χ1v) is 4.11. The van der Waals surface area contributed by atoms with Gasteiger partial charge in [-0.2, -0.15) is 5.26 Å². The molecule has 6 heteroatoms. The van der Waals surface area contributed by atoms with Crippen LogP contribution in [0.1, 0.15) is 0 Å². The molecular formula is C7H11N5O. The second kappa shape index (κ2) is 5.38. The molecule has 0 aromatic heterocycles. The van der Waals surface area contributed by atoms with Crippen molar-refractivity contribution in [3.8, 4) is 6.07 Å². The van der Waals surface area contributed by atoms with E-state index in [0.29, 0.717) is 26.2 Å². The van der Waals surface area contributed by atoms with Crippen LogP contribution in [0.2, 0.25) is 0 Å². The van der Waals surface area contributed by atoms with E-state index in [-0.39, 0.29) is 6.10 Å². The third-order valence-corrected chi connectivity index (χ3v) is 1.87. The molecule has 0 N–H and O–H groups in total. The first-order valence-electron chi connectivity index (χ1n) is 4.11. The van der Waals surface area contributed by atoms with Crippen LogP contribution >= 0.6 is 0 Å². The van der Waals surface area contributed by atoms with Gasteiger partial charge in [-0.25, -0.2) is 0 Å². The highest BCUT2D eigenvalue weighted by atomic mass is 16.5. The Morgan fingerprint density at radius 2 is 2.62 bits per heavy atom. The van der Waals surface area contributed by atoms with E-state index in [9.17, 15) is 0 Å². The predicted molar refractivity (Wildman–Crippen MR) is 45.8 cm³/mol. The van der Waals surface area contributed by atoms with Crippen molar-refractivity contribution in [3.05, 3.63) is 10.4 Å². The summed E-state index contributed by atoms with van der Waals surface area (Å²) in [6.45, 7) is 3.14. The van der Waals surface area contributed by atoms with Gasteiger partial charge in [0.15, 0.2) is 6.10 Å². The fraction of sp³-hybridized carbons (Fsp3) is 0.857. The van der Waals surface area contributed by atoms with Crippen molar-refractivity contribution in [2.75, 3.05) is 32.8 Å². The summed E-state index contributed by atoms with van der Waals surface area (Å²) in [5.74, 6) is 0. The molecule has 1 fully saturated rings. The zero-order chi connectivity index (χ0) is 9.52. The van der Waals surface area contributed by atoms with Gasteiger partial charge in [-0.05, 0) is 5.53 Å². The van der Waals surface area contributed by atoms with Crippen LogP contribution in [0.15, 0.2) is 5.11 Å². The number of nitrogens with zero attached hydrogens (tertiary/aromatic N) is 5. The summed E-state index contributed by atoms with van der Waals surface area (Å²) in [5, 5.41) is 12.0. The molecule has 0 spiro atoms. The van der Waals surface area contributed by atoms with Gasteiger partial charge in [-0.15, -0.1) is 0 Å². The number of azide groups is 1. The van der Waals surface area contributed by atoms with Gasteiger partial charge in [0.25, 0.3) is 0 Å². The van der Waals surface area contributed by atoms with Crippen LogP contribution in [0.4, 0.5) is 0 Å². The molecule has 0 saturated carbocycles. The number of morpholine rings is 1. The fourth-order valence-electron chi connectivity index (χ4n) is 1.21. The Kier molecular flexibility index (Phi) is 4.06. The number of hydrogen-bond donors (Lipinski definition) is 0. The second-order valence-electron chi connectivity index (χ2n) is 2.74. The standard InChI is InChI=1S/C7H11N5O/c8-5-7-6-12(3-4-13-7)2-1-10-11-9/h7H,1-4,6H2. The van der Waals surface area contributed by atoms with Crippen LogP contribution in [0.3, 0.4) is 0 Å². The molecule has 1 atom stereocenters. The third kappa shape index (κ3) is 3.30. The Morgan fingerprint density at radius 1 is 1.77 bits per heavy atom. The van der Waals surface area contributed by atoms with E-state index in [4.69, 9.17) is 15.5 Å². The molecule has 0 aromatic carbocycles. The first-order chi connectivity index (χ1) is 6.36. The Bertz CT molecular complexity index is 242. The molecule has 1 aliphatic rings. The average molecular weight is 181 g/mol. The van der Waals surface area contributed by atoms with Crippen molar-refractivity contribution >= 4 is 0 Å². The second-order valence-corrected chi connectivity index (χ2v) is 2.74. The lowest BCUT2D eigenvalue weighted by molar-refractivity contribution is 0.00186. The Labute approximate surface area is 76.3 Å². The number of nitriles is 1. The average Bonchev–Trinajstić information content (AvgIpc) is 2.19. The van der Waals surface area contributed by atoms with Gasteiger partial charge in [-0.1, -0.05) is 5.11 Å². The minimum Gasteiger partial charge on any atom is -0.361 e. The monoisotopic (exact) mass is 181 g/mol. The fourth-order valence-corrected chi connectivity index (χ4v) is 1.21. The summed E-state index contributed by atoms with van der Waals surface area (Å²) in [5.41, 5.74) is 8.06. The summed E-state index contributed by atoms with van der Waals surface area (Å²) in [6.07, 6.45) is -0.334. The van der Waals surface area contributed by atoms with Crippen molar-refractivity contribution < 1.29 is 4.74 Å². The lowest BCUT2D eigenvalue weighted by Gasteiger charge is -2.28. The highest BCUT2D eigenvalue weighted by Gasteiger charge is 2.18. The number of hydrogen-bond acceptors (Lipinski definition) is 4. The van der Waals surface area contributed by atoms with E-state index in [1.54, 1.807) is 0 Å². The maximum atomic E-state index is 8.60. The van der Waals surface area contributed by atoms with Crippen molar-refractivity contribution in [1.82, 2.24) is 4.90 Å². The maximum Gasteiger partial charge on any atom is 0.156 e. The van der Waals surface area contributed by atoms with Crippen LogP contribution in [0.25, 0.3) is 10.4 Å². The van der Waals surface area contributed by atoms with Gasteiger partial charge in [0, 0.05) is 31.1 Å². The minimum atomic E-state index is -0.334. The Hall–Kier alpha value is -1.28. The van der Waals surface area contributed by atoms with E-state index in [1.807, 2.05) is 0 Å². The van der Waals surface area contributed by atoms with Gasteiger partial charge in [0.2, 0.25) is 0 Å². The van der Waals surface area contributed by atoms with Crippen molar-refractivity contribution in [3.63, 3.8) is 0 Å². The van der Waals surface area contributed by atoms with Gasteiger partial charge < -0.3 is 4.74 Å². The molecule has 1 rings (SSSR count). The minimum absolute atomic E-state index is 0.334. The maximum absolute atomic E-state index is 8.60. The molecule has 13 heavy (non-hydrogen) atoms. The molecule has 0 amide bonds. The van der Waals surface area contributed by atoms with E-state index in [2.05, 4.69) is 21.0 Å². The van der Waals surface area contributed by atoms with E-state index >= 15 is 0 Å². The van der Waals surface area contributed by atoms with E-state index < -0.39 is 0 Å². The zero-order valence-electron chi connectivity index (χ0n) is 7.26. The zero-order valence-corrected chi connectivity index (χ0v) is 7.26. The molecular weight excluding hydrogens is 170 g/mol. The molecule has 6 nitrogen and oxygen atoms in total. The molecule has 0 aromatic rings. The van der Waals surface area contributed by atoms with Gasteiger partial charge in [0.05, 0.1) is 12.7 Å². The normalized spacial score (nSPS) is 23.2. The van der Waals surface area contributed by atoms with Gasteiger partial charge >= 0.3 is 0 Å². The highest BCUT2D eigenvalue weighted by Crippen LogP contribution is 2.03. The van der Waals surface area contributed by atoms with Crippen LogP contribution in [-0.4, -0.2) is 43.8 Å². The molecule has 1 unspecified atom stereocenters. The quantitative estimate of drug-likeness (QED) is 0.361. The topological polar surface area (TPSA) is 85.0 Å². The lowest BCUT2D eigenvalue weighted by Crippen LogP contribution is -2.42. The molecule has 1 aliphatic heterocycles. The molecule has 0 aliphatic carbocycles. The van der Waals surface area contributed by atoms with Crippen molar-refractivity contribution in [1.29, 1.82) is 5.26 Å². The summed E-state index contributed by atoms with van der Waals surface area (Å²) >= 11 is 0. The van der Waals surface area contributed by atoms with Crippen molar-refractivity contribution in [2.45, 2.75) is 6.10 Å². The SMILES string of the molecule is N#CC1CN(CCN=[N+]=[N-])CCO1. The predicted octanol–water partition coefficient (Wildman–Crippen LogP) is 0.521. The molecule has 1 heterocycles. The summed E-state index contributed by atoms with van der Waals surface area (Å²) in [6, 6.07) is 2.06. The van der Waals surface area contributed by atoms with Crippen LogP contribution in [0, 0.1) is 11.3 Å². The van der Waals surface area contributed by atoms with Crippen LogP contribution in [0.5, 0.6) is 0 Å². The van der Waals surface area contributed by atoms with E-state index in [0.717, 1.165) is 6.54 Å². The molecule has 1 saturated heterocycles. The molecule has 0 radical (unpaired) electrons.